The van der Waals surface area contributed by atoms with Crippen LogP contribution >= 0.6 is 11.6 Å². The SMILES string of the molecule is CC(C)(CCN1CCN(C(=O)CNC(=O)/C=C/c2ccc(C(F)(F)F)cc2F)C(c2ccc(Cl)cc2)C1)C(=O)O. The molecule has 0 saturated carbocycles. The average molecular weight is 584 g/mol. The Morgan fingerprint density at radius 2 is 1.77 bits per heavy atom. The lowest BCUT2D eigenvalue weighted by Crippen LogP contribution is -2.53. The van der Waals surface area contributed by atoms with Gasteiger partial charge in [-0.25, -0.2) is 4.39 Å². The summed E-state index contributed by atoms with van der Waals surface area (Å²) in [4.78, 5) is 40.6. The van der Waals surface area contributed by atoms with Crippen molar-refractivity contribution in [2.75, 3.05) is 32.7 Å². The zero-order valence-electron chi connectivity index (χ0n) is 22.0. The summed E-state index contributed by atoms with van der Waals surface area (Å²) in [6.45, 7) is 4.78. The second-order valence-corrected chi connectivity index (χ2v) is 10.6. The number of aliphatic carboxylic acids is 1. The summed E-state index contributed by atoms with van der Waals surface area (Å²) in [5.41, 5.74) is -1.43. The molecule has 0 radical (unpaired) electrons. The lowest BCUT2D eigenvalue weighted by molar-refractivity contribution is -0.147. The summed E-state index contributed by atoms with van der Waals surface area (Å²) in [5, 5.41) is 12.4. The molecule has 0 spiro atoms. The first-order chi connectivity index (χ1) is 18.7. The van der Waals surface area contributed by atoms with Gasteiger partial charge in [-0.1, -0.05) is 29.8 Å². The van der Waals surface area contributed by atoms with Gasteiger partial charge in [0, 0.05) is 36.3 Å². The van der Waals surface area contributed by atoms with Crippen molar-refractivity contribution < 1.29 is 37.1 Å². The highest BCUT2D eigenvalue weighted by molar-refractivity contribution is 6.30. The van der Waals surface area contributed by atoms with Crippen LogP contribution in [0.5, 0.6) is 0 Å². The van der Waals surface area contributed by atoms with Crippen molar-refractivity contribution in [3.63, 3.8) is 0 Å². The highest BCUT2D eigenvalue weighted by Gasteiger charge is 2.34. The zero-order chi connectivity index (χ0) is 29.7. The third-order valence-corrected chi connectivity index (χ3v) is 7.08. The molecule has 7 nitrogen and oxygen atoms in total. The maximum Gasteiger partial charge on any atom is 0.416 e. The number of nitrogens with one attached hydrogen (secondary N) is 1. The third kappa shape index (κ3) is 8.28. The van der Waals surface area contributed by atoms with Crippen LogP contribution in [0.2, 0.25) is 5.02 Å². The molecule has 2 aromatic carbocycles. The topological polar surface area (TPSA) is 90.0 Å². The molecule has 1 fully saturated rings. The minimum atomic E-state index is -4.69. The number of nitrogens with zero attached hydrogens (tertiary/aromatic N) is 2. The average Bonchev–Trinajstić information content (AvgIpc) is 2.89. The van der Waals surface area contributed by atoms with Gasteiger partial charge < -0.3 is 15.3 Å². The fraction of sp³-hybridized carbons (Fsp3) is 0.393. The van der Waals surface area contributed by atoms with Gasteiger partial charge in [-0.05, 0) is 62.7 Å². The molecule has 0 aromatic heterocycles. The van der Waals surface area contributed by atoms with E-state index in [9.17, 15) is 37.1 Å². The lowest BCUT2D eigenvalue weighted by Gasteiger charge is -2.42. The van der Waals surface area contributed by atoms with Crippen molar-refractivity contribution in [1.29, 1.82) is 0 Å². The smallest absolute Gasteiger partial charge is 0.416 e. The highest BCUT2D eigenvalue weighted by Crippen LogP contribution is 2.31. The lowest BCUT2D eigenvalue weighted by atomic mass is 9.89. The molecule has 1 aliphatic heterocycles. The number of carbonyl (C=O) groups is 3. The Labute approximate surface area is 234 Å². The second-order valence-electron chi connectivity index (χ2n) is 10.2. The van der Waals surface area contributed by atoms with Gasteiger partial charge in [0.1, 0.15) is 5.82 Å². The van der Waals surface area contributed by atoms with E-state index in [4.69, 9.17) is 11.6 Å². The van der Waals surface area contributed by atoms with Crippen LogP contribution in [0.1, 0.15) is 43.0 Å². The molecule has 0 aliphatic carbocycles. The molecule has 1 heterocycles. The molecule has 2 N–H and O–H groups in total. The van der Waals surface area contributed by atoms with E-state index in [0.29, 0.717) is 49.8 Å². The number of hydrogen-bond donors (Lipinski definition) is 2. The fourth-order valence-electron chi connectivity index (χ4n) is 4.18. The number of alkyl halides is 3. The molecule has 0 bridgehead atoms. The number of carbonyl (C=O) groups excluding carboxylic acids is 2. The van der Waals surface area contributed by atoms with E-state index in [1.807, 2.05) is 0 Å². The second kappa shape index (κ2) is 12.8. The zero-order valence-corrected chi connectivity index (χ0v) is 22.7. The Bertz CT molecular complexity index is 1270. The van der Waals surface area contributed by atoms with Crippen molar-refractivity contribution in [3.8, 4) is 0 Å². The monoisotopic (exact) mass is 583 g/mol. The highest BCUT2D eigenvalue weighted by atomic mass is 35.5. The van der Waals surface area contributed by atoms with Crippen LogP contribution in [-0.2, 0) is 20.6 Å². The molecule has 2 amide bonds. The summed E-state index contributed by atoms with van der Waals surface area (Å²) in [7, 11) is 0. The Balaban J connectivity index is 1.64. The quantitative estimate of drug-likeness (QED) is 0.320. The number of benzene rings is 2. The van der Waals surface area contributed by atoms with Gasteiger partial charge >= 0.3 is 12.1 Å². The molecule has 40 heavy (non-hydrogen) atoms. The Hall–Kier alpha value is -3.44. The largest absolute Gasteiger partial charge is 0.481 e. The fourth-order valence-corrected chi connectivity index (χ4v) is 4.31. The van der Waals surface area contributed by atoms with Crippen LogP contribution < -0.4 is 5.32 Å². The number of rotatable bonds is 9. The van der Waals surface area contributed by atoms with E-state index in [0.717, 1.165) is 23.8 Å². The predicted molar refractivity (Wildman–Crippen MR) is 142 cm³/mol. The molecule has 12 heteroatoms. The summed E-state index contributed by atoms with van der Waals surface area (Å²) in [6.07, 6.45) is -2.29. The van der Waals surface area contributed by atoms with Gasteiger partial charge in [-0.15, -0.1) is 0 Å². The maximum absolute atomic E-state index is 14.0. The van der Waals surface area contributed by atoms with Gasteiger partial charge in [-0.2, -0.15) is 13.2 Å². The van der Waals surface area contributed by atoms with E-state index >= 15 is 0 Å². The van der Waals surface area contributed by atoms with Crippen LogP contribution in [0.3, 0.4) is 0 Å². The van der Waals surface area contributed by atoms with Gasteiger partial charge in [0.15, 0.2) is 0 Å². The van der Waals surface area contributed by atoms with Crippen molar-refractivity contribution in [2.24, 2.45) is 5.41 Å². The van der Waals surface area contributed by atoms with E-state index in [2.05, 4.69) is 10.2 Å². The minimum Gasteiger partial charge on any atom is -0.481 e. The third-order valence-electron chi connectivity index (χ3n) is 6.83. The number of hydrogen-bond acceptors (Lipinski definition) is 4. The molecule has 3 rings (SSSR count). The number of halogens is 5. The summed E-state index contributed by atoms with van der Waals surface area (Å²) >= 11 is 6.03. The Morgan fingerprint density at radius 3 is 2.38 bits per heavy atom. The van der Waals surface area contributed by atoms with E-state index < -0.39 is 34.8 Å². The van der Waals surface area contributed by atoms with Crippen molar-refractivity contribution in [3.05, 3.63) is 76.1 Å². The molecule has 216 valence electrons. The van der Waals surface area contributed by atoms with Crippen LogP contribution in [-0.4, -0.2) is 65.4 Å². The number of carboxylic acids is 1. The molecule has 1 aliphatic rings. The normalized spacial score (nSPS) is 16.8. The molecular formula is C28H30ClF4N3O4. The van der Waals surface area contributed by atoms with Crippen LogP contribution in [0.15, 0.2) is 48.5 Å². The van der Waals surface area contributed by atoms with Crippen molar-refractivity contribution in [2.45, 2.75) is 32.5 Å². The minimum absolute atomic E-state index is 0.209. The van der Waals surface area contributed by atoms with Gasteiger partial charge in [0.05, 0.1) is 23.6 Å². The van der Waals surface area contributed by atoms with Gasteiger partial charge in [-0.3, -0.25) is 19.3 Å². The van der Waals surface area contributed by atoms with Gasteiger partial charge in [0.2, 0.25) is 11.8 Å². The summed E-state index contributed by atoms with van der Waals surface area (Å²) in [6, 6.07) is 8.62. The molecule has 1 unspecified atom stereocenters. The first-order valence-corrected chi connectivity index (χ1v) is 12.9. The van der Waals surface area contributed by atoms with Crippen LogP contribution in [0.25, 0.3) is 6.08 Å². The Morgan fingerprint density at radius 1 is 1.10 bits per heavy atom. The van der Waals surface area contributed by atoms with Crippen LogP contribution in [0.4, 0.5) is 17.6 Å². The number of piperazine rings is 1. The first-order valence-electron chi connectivity index (χ1n) is 12.5. The predicted octanol–water partition coefficient (Wildman–Crippen LogP) is 5.01. The number of amides is 2. The molecule has 2 aromatic rings. The van der Waals surface area contributed by atoms with Crippen LogP contribution in [0, 0.1) is 11.2 Å². The summed E-state index contributed by atoms with van der Waals surface area (Å²) < 4.78 is 52.2. The summed E-state index contributed by atoms with van der Waals surface area (Å²) in [5.74, 6) is -3.11. The Kier molecular flexibility index (Phi) is 9.96. The van der Waals surface area contributed by atoms with E-state index in [-0.39, 0.29) is 24.1 Å². The molecule has 1 saturated heterocycles. The van der Waals surface area contributed by atoms with Gasteiger partial charge in [0.25, 0.3) is 0 Å². The van der Waals surface area contributed by atoms with Crippen molar-refractivity contribution in [1.82, 2.24) is 15.1 Å². The first kappa shape index (κ1) is 31.1. The van der Waals surface area contributed by atoms with Crippen molar-refractivity contribution >= 4 is 35.5 Å². The maximum atomic E-state index is 14.0. The van der Waals surface area contributed by atoms with E-state index in [1.165, 1.54) is 0 Å². The number of carboxylic acid groups (broad SMARTS) is 1. The molecule has 1 atom stereocenters. The molecular weight excluding hydrogens is 554 g/mol. The van der Waals surface area contributed by atoms with E-state index in [1.54, 1.807) is 43.0 Å². The standard InChI is InChI=1S/C28H30ClF4N3O4/c1-27(2,26(39)40)11-12-35-13-14-36(23(17-35)19-4-8-21(29)9-5-19)25(38)16-34-24(37)10-6-18-3-7-20(15-22(18)30)28(31,32)33/h3-10,15,23H,11-14,16-17H2,1-2H3,(H,34,37)(H,39,40)/b10-6+.